The first-order chi connectivity index (χ1) is 35.9. The van der Waals surface area contributed by atoms with Gasteiger partial charge in [0.05, 0.1) is 24.0 Å². The lowest BCUT2D eigenvalue weighted by Gasteiger charge is -2.46. The molecule has 0 bridgehead atoms. The molecule has 0 aliphatic carbocycles. The number of morpholine rings is 1. The molecule has 0 radical (unpaired) electrons. The van der Waals surface area contributed by atoms with Crippen molar-refractivity contribution < 1.29 is 52.8 Å². The maximum absolute atomic E-state index is 15.1. The summed E-state index contributed by atoms with van der Waals surface area (Å²) in [6.45, 7) is 4.22. The van der Waals surface area contributed by atoms with E-state index in [0.29, 0.717) is 34.5 Å². The molecule has 5 aromatic rings. The molecule has 4 fully saturated rings. The summed E-state index contributed by atoms with van der Waals surface area (Å²) in [4.78, 5) is 92.0. The third kappa shape index (κ3) is 8.95. The highest BCUT2D eigenvalue weighted by atomic mass is 16.6. The number of unbranched alkanes of at least 4 members (excludes halogenated alkanes) is 1. The van der Waals surface area contributed by atoms with E-state index in [2.05, 4.69) is 22.1 Å². The van der Waals surface area contributed by atoms with E-state index in [1.54, 1.807) is 42.5 Å². The monoisotopic (exact) mass is 1000 g/mol. The number of amides is 3. The van der Waals surface area contributed by atoms with Crippen molar-refractivity contribution in [3.8, 4) is 11.5 Å². The van der Waals surface area contributed by atoms with Gasteiger partial charge in [-0.25, -0.2) is 0 Å². The van der Waals surface area contributed by atoms with Crippen LogP contribution in [-0.4, -0.2) is 114 Å². The van der Waals surface area contributed by atoms with Crippen LogP contribution >= 0.6 is 0 Å². The molecule has 3 amide bonds. The fourth-order valence-corrected chi connectivity index (χ4v) is 12.1. The quantitative estimate of drug-likeness (QED) is 0.0396. The highest BCUT2D eigenvalue weighted by Gasteiger charge is 2.74. The summed E-state index contributed by atoms with van der Waals surface area (Å²) in [5.41, 5.74) is 2.08. The van der Waals surface area contributed by atoms with Crippen LogP contribution in [0.2, 0.25) is 0 Å². The van der Waals surface area contributed by atoms with Crippen molar-refractivity contribution in [2.24, 2.45) is 11.8 Å². The van der Waals surface area contributed by atoms with Crippen molar-refractivity contribution in [3.05, 3.63) is 174 Å². The molecule has 0 saturated carbocycles. The fourth-order valence-electron chi connectivity index (χ4n) is 12.1. The number of rotatable bonds is 17. The molecule has 0 unspecified atom stereocenters. The molecule has 382 valence electrons. The van der Waals surface area contributed by atoms with Gasteiger partial charge in [0.2, 0.25) is 17.7 Å². The lowest BCUT2D eigenvalue weighted by molar-refractivity contribution is -0.180. The van der Waals surface area contributed by atoms with Crippen LogP contribution in [0.4, 0.5) is 5.69 Å². The van der Waals surface area contributed by atoms with Crippen molar-refractivity contribution >= 4 is 41.3 Å². The van der Waals surface area contributed by atoms with E-state index in [1.165, 1.54) is 23.1 Å². The predicted octanol–water partition coefficient (Wildman–Crippen LogP) is 6.50. The van der Waals surface area contributed by atoms with Gasteiger partial charge in [0.25, 0.3) is 0 Å². The number of cyclic esters (lactones) is 1. The molecule has 10 rings (SSSR count). The van der Waals surface area contributed by atoms with Crippen molar-refractivity contribution in [3.63, 3.8) is 0 Å². The predicted molar refractivity (Wildman–Crippen MR) is 271 cm³/mol. The normalized spacial score (nSPS) is 26.9. The van der Waals surface area contributed by atoms with Crippen molar-refractivity contribution in [1.82, 2.24) is 20.0 Å². The van der Waals surface area contributed by atoms with E-state index < -0.39 is 83.4 Å². The molecule has 5 aliphatic rings. The first-order valence-corrected chi connectivity index (χ1v) is 25.1. The Morgan fingerprint density at radius 1 is 0.770 bits per heavy atom. The molecule has 1 spiro atoms. The summed E-state index contributed by atoms with van der Waals surface area (Å²) in [5.74, 6) is -4.88. The Morgan fingerprint density at radius 3 is 2.14 bits per heavy atom. The number of anilines is 1. The van der Waals surface area contributed by atoms with Gasteiger partial charge in [0, 0.05) is 5.69 Å². The number of hydrogen-bond acceptors (Lipinski definition) is 13. The van der Waals surface area contributed by atoms with Gasteiger partial charge in [-0.1, -0.05) is 116 Å². The number of aromatic hydroxyl groups is 1. The van der Waals surface area contributed by atoms with Crippen LogP contribution in [0, 0.1) is 11.8 Å². The van der Waals surface area contributed by atoms with E-state index in [9.17, 15) is 29.1 Å². The zero-order chi connectivity index (χ0) is 51.7. The van der Waals surface area contributed by atoms with Gasteiger partial charge in [-0.2, -0.15) is 0 Å². The van der Waals surface area contributed by atoms with Crippen LogP contribution < -0.4 is 15.4 Å². The van der Waals surface area contributed by atoms with E-state index >= 15 is 4.79 Å². The number of carbonyl (C=O) groups is 6. The molecule has 5 heterocycles. The molecule has 10 atom stereocenters. The zero-order valence-corrected chi connectivity index (χ0v) is 41.2. The Bertz CT molecular complexity index is 2920. The summed E-state index contributed by atoms with van der Waals surface area (Å²) in [6, 6.07) is 34.2. The molecular weight excluding hydrogens is 943 g/mol. The summed E-state index contributed by atoms with van der Waals surface area (Å²) in [5, 5.41) is 16.1. The van der Waals surface area contributed by atoms with Gasteiger partial charge in [0.15, 0.2) is 0 Å². The van der Waals surface area contributed by atoms with Gasteiger partial charge in [-0.3, -0.25) is 33.7 Å². The Morgan fingerprint density at radius 2 is 1.43 bits per heavy atom. The first-order valence-electron chi connectivity index (χ1n) is 25.1. The van der Waals surface area contributed by atoms with E-state index in [-0.39, 0.29) is 43.8 Å². The summed E-state index contributed by atoms with van der Waals surface area (Å²) >= 11 is 0. The topological polar surface area (TPSA) is 193 Å². The number of nitrogens with zero attached hydrogens (tertiary/aromatic N) is 3. The minimum atomic E-state index is -1.70. The molecule has 5 aliphatic heterocycles. The highest BCUT2D eigenvalue weighted by Crippen LogP contribution is 2.65. The van der Waals surface area contributed by atoms with Gasteiger partial charge < -0.3 is 44.5 Å². The van der Waals surface area contributed by atoms with Gasteiger partial charge in [-0.05, 0) is 104 Å². The number of para-hydroxylation sites is 1. The van der Waals surface area contributed by atoms with Crippen LogP contribution in [0.3, 0.4) is 0 Å². The Hall–Kier alpha value is -7.82. The number of hydrogen-bond donors (Lipinski definition) is 3. The third-order valence-corrected chi connectivity index (χ3v) is 15.2. The highest BCUT2D eigenvalue weighted by molar-refractivity contribution is 6.11. The van der Waals surface area contributed by atoms with Gasteiger partial charge >= 0.3 is 17.9 Å². The Labute approximate surface area is 429 Å². The largest absolute Gasteiger partial charge is 0.508 e. The standard InChI is InChI=1S/C58H59N5O11/c1-4-31-72-55(68)46-49-56(69)74-50(37-17-9-6-10-18-37)48(35-15-7-5-8-16-35)63(49)51(58(46)42-19-11-12-20-43(42)60-57(58)70)38-24-28-40(29-25-38)71-32-33-73-54(67)41-34-45-52(65)59-44(21-13-14-30-61(2)3)53(66)62(45)47(41)36-22-26-39(64)27-23-36/h4-12,15-20,22-29,41,44-51,64H,1,13-14,21,30-34H2,2-3H3,(H,59,65)(H,60,70)/t41-,44+,45-,46+,47-,48+,49+,50-,51-,58+/m1/s1. The number of esters is 3. The first kappa shape index (κ1) is 49.7. The summed E-state index contributed by atoms with van der Waals surface area (Å²) < 4.78 is 24.2. The minimum absolute atomic E-state index is 0.0211. The summed E-state index contributed by atoms with van der Waals surface area (Å²) in [7, 11) is 3.96. The maximum atomic E-state index is 15.1. The Balaban J connectivity index is 0.929. The number of piperazine rings is 1. The van der Waals surface area contributed by atoms with Crippen LogP contribution in [0.15, 0.2) is 146 Å². The van der Waals surface area contributed by atoms with Crippen LogP contribution in [0.1, 0.15) is 77.7 Å². The minimum Gasteiger partial charge on any atom is -0.508 e. The zero-order valence-electron chi connectivity index (χ0n) is 41.2. The lowest BCUT2D eigenvalue weighted by Crippen LogP contribution is -2.61. The molecule has 16 nitrogen and oxygen atoms in total. The van der Waals surface area contributed by atoms with Crippen molar-refractivity contribution in [1.29, 1.82) is 0 Å². The molecule has 0 aromatic heterocycles. The van der Waals surface area contributed by atoms with Crippen LogP contribution in [0.25, 0.3) is 0 Å². The van der Waals surface area contributed by atoms with E-state index in [4.69, 9.17) is 18.9 Å². The number of fused-ring (bicyclic) bond motifs is 4. The summed E-state index contributed by atoms with van der Waals surface area (Å²) in [6.07, 6.45) is 2.70. The van der Waals surface area contributed by atoms with Crippen molar-refractivity contribution in [2.75, 3.05) is 45.8 Å². The molecular formula is C58H59N5O11. The molecule has 5 aromatic carbocycles. The van der Waals surface area contributed by atoms with E-state index in [1.807, 2.05) is 97.9 Å². The van der Waals surface area contributed by atoms with Crippen molar-refractivity contribution in [2.45, 2.75) is 73.5 Å². The number of phenols is 1. The van der Waals surface area contributed by atoms with Crippen LogP contribution in [-0.2, 0) is 48.4 Å². The number of benzene rings is 5. The number of nitrogens with one attached hydrogen (secondary N) is 2. The Kier molecular flexibility index (Phi) is 14.1. The van der Waals surface area contributed by atoms with Gasteiger partial charge in [-0.15, -0.1) is 0 Å². The number of carbonyl (C=O) groups excluding carboxylic acids is 6. The van der Waals surface area contributed by atoms with Crippen LogP contribution in [0.5, 0.6) is 11.5 Å². The molecule has 3 N–H and O–H groups in total. The molecule has 16 heteroatoms. The molecule has 4 saturated heterocycles. The lowest BCUT2D eigenvalue weighted by atomic mass is 9.65. The number of phenolic OH excluding ortho intramolecular Hbond substituents is 1. The number of ether oxygens (including phenoxy) is 4. The molecule has 74 heavy (non-hydrogen) atoms. The second kappa shape index (κ2) is 21.0. The SMILES string of the molecule is C=CCOC(=O)[C@@H]1[C@H]2C(=O)O[C@H](c3ccccc3)[C@H](c3ccccc3)N2[C@H](c2ccc(OCCOC(=O)[C@@H]3C[C@@H]4C(=O)N[C@@H](CCCCN(C)C)C(=O)N4[C@@H]3c3ccc(O)cc3)cc2)[C@@]12C(=O)Nc1ccccc12. The smallest absolute Gasteiger partial charge is 0.325 e. The maximum Gasteiger partial charge on any atom is 0.325 e. The van der Waals surface area contributed by atoms with E-state index in [0.717, 1.165) is 30.5 Å². The average Bonchev–Trinajstić information content (AvgIpc) is 4.20. The second-order valence-electron chi connectivity index (χ2n) is 19.8. The average molecular weight is 1000 g/mol. The van der Waals surface area contributed by atoms with Gasteiger partial charge in [0.1, 0.15) is 66.9 Å². The fraction of sp³-hybridized carbons (Fsp3) is 0.345. The third-order valence-electron chi connectivity index (χ3n) is 15.2. The second-order valence-corrected chi connectivity index (χ2v) is 19.8.